The molecule has 0 aromatic heterocycles. The molecule has 0 bridgehead atoms. The molecule has 0 amide bonds. The summed E-state index contributed by atoms with van der Waals surface area (Å²) >= 11 is 0. The highest BCUT2D eigenvalue weighted by atomic mass is 16.8. The van der Waals surface area contributed by atoms with Crippen LogP contribution in [0.3, 0.4) is 0 Å². The zero-order chi connectivity index (χ0) is 44.8. The molecule has 2 rings (SSSR count). The van der Waals surface area contributed by atoms with E-state index in [0.717, 1.165) is 0 Å². The third-order valence-corrected chi connectivity index (χ3v) is 8.91. The van der Waals surface area contributed by atoms with Gasteiger partial charge in [0.05, 0.1) is 6.61 Å². The van der Waals surface area contributed by atoms with Crippen LogP contribution in [0.4, 0.5) is 0 Å². The Morgan fingerprint density at radius 1 is 0.525 bits per heavy atom. The molecular formula is C42H70O17. The van der Waals surface area contributed by atoms with Gasteiger partial charge in [0.2, 0.25) is 12.1 Å². The molecule has 0 aliphatic carbocycles. The fraction of sp³-hybridized carbons (Fsp3) is 0.857. The second kappa shape index (κ2) is 24.2. The number of esters is 6. The van der Waals surface area contributed by atoms with E-state index in [1.807, 2.05) is 13.8 Å². The van der Waals surface area contributed by atoms with Gasteiger partial charge in [0.1, 0.15) is 31.5 Å². The van der Waals surface area contributed by atoms with E-state index in [2.05, 4.69) is 0 Å². The number of ether oxygens (including phenoxy) is 9. The van der Waals surface area contributed by atoms with Gasteiger partial charge in [0.15, 0.2) is 24.4 Å². The largest absolute Gasteiger partial charge is 0.463 e. The molecule has 0 aromatic carbocycles. The SMILES string of the molecule is CC(C)CC(=O)OCC1OC(COC(=O)CC(C)C)(OC2OC(CO)C(OC(=O)CC(C)C)C(O)C2OC(=O)CC(C)C)C(OC(=O)CC(C)C)C1OC(=O)CC(C)C. The molecule has 9 atom stereocenters. The third kappa shape index (κ3) is 17.3. The molecule has 2 saturated heterocycles. The van der Waals surface area contributed by atoms with Crippen molar-refractivity contribution < 1.29 is 81.6 Å². The van der Waals surface area contributed by atoms with Gasteiger partial charge < -0.3 is 52.8 Å². The van der Waals surface area contributed by atoms with Crippen LogP contribution in [0.5, 0.6) is 0 Å². The summed E-state index contributed by atoms with van der Waals surface area (Å²) in [4.78, 5) is 79.0. The summed E-state index contributed by atoms with van der Waals surface area (Å²) in [5, 5.41) is 22.3. The van der Waals surface area contributed by atoms with Gasteiger partial charge in [0.25, 0.3) is 0 Å². The normalized spacial score (nSPS) is 27.1. The van der Waals surface area contributed by atoms with Crippen LogP contribution in [-0.2, 0) is 71.4 Å². The maximum absolute atomic E-state index is 13.6. The Balaban J connectivity index is 2.85. The van der Waals surface area contributed by atoms with Crippen molar-refractivity contribution in [2.45, 2.75) is 176 Å². The molecule has 9 unspecified atom stereocenters. The Labute approximate surface area is 348 Å². The van der Waals surface area contributed by atoms with Crippen LogP contribution in [0.2, 0.25) is 0 Å². The summed E-state index contributed by atoms with van der Waals surface area (Å²) in [6.07, 6.45) is -13.6. The van der Waals surface area contributed by atoms with Crippen molar-refractivity contribution in [1.29, 1.82) is 0 Å². The maximum atomic E-state index is 13.6. The molecule has 2 aliphatic rings. The van der Waals surface area contributed by atoms with Crippen molar-refractivity contribution in [1.82, 2.24) is 0 Å². The minimum absolute atomic E-state index is 0.0362. The standard InChI is InChI=1S/C42H70O17/c1-22(2)13-30(44)51-20-29-38(55-33(47)16-25(7)8)40(57-35(49)18-27(11)12)42(58-29,21-52-31(45)14-23(3)4)59-41-39(56-34(48)17-26(9)10)36(50)37(28(19-43)53-41)54-32(46)15-24(5)6/h22-29,36-41,43,50H,13-21H2,1-12H3. The fourth-order valence-corrected chi connectivity index (χ4v) is 6.37. The van der Waals surface area contributed by atoms with Crippen molar-refractivity contribution in [3.8, 4) is 0 Å². The highest BCUT2D eigenvalue weighted by Gasteiger charge is 2.64. The number of carbonyl (C=O) groups is 6. The molecule has 2 fully saturated rings. The number of rotatable bonds is 23. The van der Waals surface area contributed by atoms with E-state index < -0.39 is 110 Å². The molecule has 0 spiro atoms. The van der Waals surface area contributed by atoms with Gasteiger partial charge in [-0.05, 0) is 35.5 Å². The number of carbonyl (C=O) groups excluding carboxylic acids is 6. The van der Waals surface area contributed by atoms with Crippen molar-refractivity contribution >= 4 is 35.8 Å². The Morgan fingerprint density at radius 3 is 1.36 bits per heavy atom. The van der Waals surface area contributed by atoms with E-state index in [0.29, 0.717) is 0 Å². The summed E-state index contributed by atoms with van der Waals surface area (Å²) in [7, 11) is 0. The van der Waals surface area contributed by atoms with E-state index in [9.17, 15) is 39.0 Å². The zero-order valence-corrected chi connectivity index (χ0v) is 37.0. The predicted octanol–water partition coefficient (Wildman–Crippen LogP) is 4.19. The Bertz CT molecular complexity index is 1380. The molecule has 59 heavy (non-hydrogen) atoms. The van der Waals surface area contributed by atoms with Gasteiger partial charge >= 0.3 is 35.8 Å². The van der Waals surface area contributed by atoms with Crippen LogP contribution in [0.15, 0.2) is 0 Å². The average molecular weight is 847 g/mol. The maximum Gasteiger partial charge on any atom is 0.306 e. The lowest BCUT2D eigenvalue weighted by atomic mass is 9.97. The summed E-state index contributed by atoms with van der Waals surface area (Å²) in [5.74, 6) is -7.72. The smallest absolute Gasteiger partial charge is 0.306 e. The van der Waals surface area contributed by atoms with Crippen LogP contribution >= 0.6 is 0 Å². The Hall–Kier alpha value is -3.38. The lowest BCUT2D eigenvalue weighted by Gasteiger charge is -2.45. The fourth-order valence-electron chi connectivity index (χ4n) is 6.37. The van der Waals surface area contributed by atoms with Gasteiger partial charge in [-0.3, -0.25) is 28.8 Å². The van der Waals surface area contributed by atoms with Crippen LogP contribution in [0.25, 0.3) is 0 Å². The molecule has 340 valence electrons. The third-order valence-electron chi connectivity index (χ3n) is 8.91. The predicted molar refractivity (Wildman–Crippen MR) is 209 cm³/mol. The molecule has 0 saturated carbocycles. The van der Waals surface area contributed by atoms with Crippen LogP contribution in [-0.4, -0.2) is 121 Å². The topological polar surface area (TPSA) is 226 Å². The first kappa shape index (κ1) is 51.8. The second-order valence-electron chi connectivity index (χ2n) is 18.0. The molecule has 0 aromatic rings. The zero-order valence-electron chi connectivity index (χ0n) is 37.0. The minimum atomic E-state index is -2.47. The van der Waals surface area contributed by atoms with Crippen LogP contribution in [0.1, 0.15) is 122 Å². The van der Waals surface area contributed by atoms with Gasteiger partial charge in [-0.15, -0.1) is 0 Å². The van der Waals surface area contributed by atoms with E-state index in [1.54, 1.807) is 69.2 Å². The second-order valence-corrected chi connectivity index (χ2v) is 18.0. The molecule has 2 aliphatic heterocycles. The van der Waals surface area contributed by atoms with Gasteiger partial charge in [0, 0.05) is 38.5 Å². The minimum Gasteiger partial charge on any atom is -0.463 e. The highest BCUT2D eigenvalue weighted by molar-refractivity contribution is 5.72. The number of aliphatic hydroxyl groups is 2. The number of aliphatic hydroxyl groups excluding tert-OH is 2. The van der Waals surface area contributed by atoms with E-state index in [-0.39, 0.29) is 74.0 Å². The number of hydrogen-bond donors (Lipinski definition) is 2. The van der Waals surface area contributed by atoms with Crippen molar-refractivity contribution in [2.24, 2.45) is 35.5 Å². The average Bonchev–Trinajstić information content (AvgIpc) is 3.34. The lowest BCUT2D eigenvalue weighted by molar-refractivity contribution is -0.384. The molecule has 17 nitrogen and oxygen atoms in total. The van der Waals surface area contributed by atoms with Crippen molar-refractivity contribution in [2.75, 3.05) is 19.8 Å². The molecule has 2 heterocycles. The van der Waals surface area contributed by atoms with Crippen LogP contribution in [0, 0.1) is 35.5 Å². The molecule has 0 radical (unpaired) electrons. The van der Waals surface area contributed by atoms with Crippen molar-refractivity contribution in [3.63, 3.8) is 0 Å². The van der Waals surface area contributed by atoms with Crippen molar-refractivity contribution in [3.05, 3.63) is 0 Å². The van der Waals surface area contributed by atoms with Gasteiger partial charge in [-0.1, -0.05) is 83.1 Å². The van der Waals surface area contributed by atoms with E-state index >= 15 is 0 Å². The van der Waals surface area contributed by atoms with Gasteiger partial charge in [-0.2, -0.15) is 0 Å². The Kier molecular flexibility index (Phi) is 21.2. The van der Waals surface area contributed by atoms with E-state index in [1.165, 1.54) is 0 Å². The first-order valence-electron chi connectivity index (χ1n) is 20.9. The first-order valence-corrected chi connectivity index (χ1v) is 20.9. The summed E-state index contributed by atoms with van der Waals surface area (Å²) in [6, 6.07) is 0. The first-order chi connectivity index (χ1) is 27.5. The highest BCUT2D eigenvalue weighted by Crippen LogP contribution is 2.42. The molecular weight excluding hydrogens is 776 g/mol. The van der Waals surface area contributed by atoms with Crippen LogP contribution < -0.4 is 0 Å². The Morgan fingerprint density at radius 2 is 0.915 bits per heavy atom. The monoisotopic (exact) mass is 846 g/mol. The molecule has 2 N–H and O–H groups in total. The molecule has 17 heteroatoms. The summed E-state index contributed by atoms with van der Waals surface area (Å²) < 4.78 is 53.7. The lowest BCUT2D eigenvalue weighted by Crippen LogP contribution is -2.65. The summed E-state index contributed by atoms with van der Waals surface area (Å²) in [6.45, 7) is 19.2. The van der Waals surface area contributed by atoms with E-state index in [4.69, 9.17) is 42.6 Å². The van der Waals surface area contributed by atoms with Gasteiger partial charge in [-0.25, -0.2) is 0 Å². The quantitative estimate of drug-likeness (QED) is 0.109. The summed E-state index contributed by atoms with van der Waals surface area (Å²) in [5.41, 5.74) is 0. The number of hydrogen-bond acceptors (Lipinski definition) is 17.